The molecule has 0 saturated carbocycles. The molecule has 1 N–H and O–H groups in total. The molecule has 0 fully saturated rings. The van der Waals surface area contributed by atoms with E-state index in [9.17, 15) is 24.8 Å². The molecule has 0 amide bonds. The summed E-state index contributed by atoms with van der Waals surface area (Å²) < 4.78 is 4.80. The molecule has 0 bridgehead atoms. The summed E-state index contributed by atoms with van der Waals surface area (Å²) in [6.07, 6.45) is 0. The fourth-order valence-electron chi connectivity index (χ4n) is 1.65. The quantitative estimate of drug-likeness (QED) is 0.462. The standard InChI is InChI=1S/C11H8N2O6/c14-8(15)5-12-9-6-3-1-2-4-7(6)19-11(16)10(9)13(17)18/h1-4,12H,5H2,(H,14,15)/p-1. The molecule has 0 atom stereocenters. The number of benzene rings is 1. The van der Waals surface area contributed by atoms with E-state index in [4.69, 9.17) is 4.42 Å². The Labute approximate surface area is 105 Å². The van der Waals surface area contributed by atoms with Crippen molar-refractivity contribution in [2.45, 2.75) is 0 Å². The number of hydrogen-bond donors (Lipinski definition) is 1. The molecule has 8 nitrogen and oxygen atoms in total. The maximum Gasteiger partial charge on any atom is 0.417 e. The third-order valence-electron chi connectivity index (χ3n) is 2.38. The zero-order valence-electron chi connectivity index (χ0n) is 9.41. The number of carboxylic acid groups (broad SMARTS) is 1. The second-order valence-electron chi connectivity index (χ2n) is 3.59. The highest BCUT2D eigenvalue weighted by atomic mass is 16.6. The number of aliphatic carboxylic acids is 1. The highest BCUT2D eigenvalue weighted by molar-refractivity contribution is 5.95. The van der Waals surface area contributed by atoms with Gasteiger partial charge in [0.1, 0.15) is 11.3 Å². The molecule has 0 spiro atoms. The van der Waals surface area contributed by atoms with E-state index in [1.807, 2.05) is 0 Å². The van der Waals surface area contributed by atoms with Crippen molar-refractivity contribution in [1.82, 2.24) is 0 Å². The Morgan fingerprint density at radius 2 is 2.05 bits per heavy atom. The van der Waals surface area contributed by atoms with Crippen LogP contribution in [0.2, 0.25) is 0 Å². The van der Waals surface area contributed by atoms with Crippen molar-refractivity contribution < 1.29 is 19.2 Å². The zero-order valence-corrected chi connectivity index (χ0v) is 9.41. The largest absolute Gasteiger partial charge is 0.548 e. The van der Waals surface area contributed by atoms with Gasteiger partial charge >= 0.3 is 11.3 Å². The third kappa shape index (κ3) is 2.37. The molecule has 19 heavy (non-hydrogen) atoms. The number of anilines is 1. The lowest BCUT2D eigenvalue weighted by Crippen LogP contribution is -2.30. The van der Waals surface area contributed by atoms with Gasteiger partial charge in [0.25, 0.3) is 0 Å². The Hall–Kier alpha value is -2.90. The van der Waals surface area contributed by atoms with Crippen molar-refractivity contribution in [3.05, 3.63) is 44.8 Å². The molecule has 0 radical (unpaired) electrons. The monoisotopic (exact) mass is 263 g/mol. The number of carbonyl (C=O) groups excluding carboxylic acids is 1. The topological polar surface area (TPSA) is 126 Å². The summed E-state index contributed by atoms with van der Waals surface area (Å²) >= 11 is 0. The Balaban J connectivity index is 2.72. The zero-order chi connectivity index (χ0) is 14.0. The van der Waals surface area contributed by atoms with Crippen LogP contribution >= 0.6 is 0 Å². The summed E-state index contributed by atoms with van der Waals surface area (Å²) in [5.41, 5.74) is -2.05. The van der Waals surface area contributed by atoms with E-state index in [1.165, 1.54) is 12.1 Å². The lowest BCUT2D eigenvalue weighted by Gasteiger charge is -2.09. The maximum atomic E-state index is 11.5. The Morgan fingerprint density at radius 1 is 1.37 bits per heavy atom. The van der Waals surface area contributed by atoms with Crippen LogP contribution in [0.5, 0.6) is 0 Å². The molecule has 0 aliphatic rings. The number of nitro groups is 1. The molecule has 8 heteroatoms. The van der Waals surface area contributed by atoms with E-state index in [-0.39, 0.29) is 16.7 Å². The predicted octanol–water partition coefficient (Wildman–Crippen LogP) is -0.137. The summed E-state index contributed by atoms with van der Waals surface area (Å²) in [7, 11) is 0. The van der Waals surface area contributed by atoms with Gasteiger partial charge in [-0.2, -0.15) is 0 Å². The van der Waals surface area contributed by atoms with E-state index >= 15 is 0 Å². The first-order valence-corrected chi connectivity index (χ1v) is 5.14. The number of carboxylic acids is 1. The number of rotatable bonds is 4. The van der Waals surface area contributed by atoms with E-state index in [2.05, 4.69) is 5.32 Å². The van der Waals surface area contributed by atoms with Crippen LogP contribution in [0.25, 0.3) is 11.0 Å². The smallest absolute Gasteiger partial charge is 0.417 e. The van der Waals surface area contributed by atoms with Gasteiger partial charge in [0, 0.05) is 5.39 Å². The van der Waals surface area contributed by atoms with Crippen LogP contribution < -0.4 is 16.0 Å². The molecule has 98 valence electrons. The van der Waals surface area contributed by atoms with Crippen LogP contribution in [-0.2, 0) is 4.79 Å². The number of carbonyl (C=O) groups is 1. The molecule has 2 aromatic rings. The second kappa shape index (κ2) is 4.77. The fourth-order valence-corrected chi connectivity index (χ4v) is 1.65. The van der Waals surface area contributed by atoms with Crippen LogP contribution in [0.15, 0.2) is 33.5 Å². The second-order valence-corrected chi connectivity index (χ2v) is 3.59. The van der Waals surface area contributed by atoms with Crippen molar-refractivity contribution in [3.63, 3.8) is 0 Å². The number of nitrogens with zero attached hydrogens (tertiary/aromatic N) is 1. The SMILES string of the molecule is O=C([O-])CNc1c([N+](=O)[O-])c(=O)oc2ccccc12. The first kappa shape index (κ1) is 12.6. The van der Waals surface area contributed by atoms with Crippen molar-refractivity contribution in [2.24, 2.45) is 0 Å². The van der Waals surface area contributed by atoms with E-state index < -0.39 is 28.8 Å². The molecule has 1 heterocycles. The molecule has 0 aliphatic heterocycles. The van der Waals surface area contributed by atoms with Crippen molar-refractivity contribution >= 4 is 28.3 Å². The number of nitrogens with one attached hydrogen (secondary N) is 1. The molecular formula is C11H7N2O6-. The lowest BCUT2D eigenvalue weighted by molar-refractivity contribution is -0.386. The van der Waals surface area contributed by atoms with E-state index in [1.54, 1.807) is 12.1 Å². The van der Waals surface area contributed by atoms with Gasteiger partial charge in [0.15, 0.2) is 0 Å². The number of hydrogen-bond acceptors (Lipinski definition) is 7. The lowest BCUT2D eigenvalue weighted by atomic mass is 10.2. The van der Waals surface area contributed by atoms with Crippen molar-refractivity contribution in [1.29, 1.82) is 0 Å². The molecule has 0 saturated heterocycles. The fraction of sp³-hybridized carbons (Fsp3) is 0.0909. The minimum atomic E-state index is -1.45. The Bertz CT molecular complexity index is 721. The average Bonchev–Trinajstić information content (AvgIpc) is 2.34. The van der Waals surface area contributed by atoms with Crippen LogP contribution in [-0.4, -0.2) is 17.4 Å². The first-order chi connectivity index (χ1) is 9.00. The van der Waals surface area contributed by atoms with E-state index in [0.717, 1.165) is 0 Å². The Morgan fingerprint density at radius 3 is 2.68 bits per heavy atom. The third-order valence-corrected chi connectivity index (χ3v) is 2.38. The van der Waals surface area contributed by atoms with Gasteiger partial charge < -0.3 is 19.6 Å². The summed E-state index contributed by atoms with van der Waals surface area (Å²) in [6.45, 7) is -0.658. The molecular weight excluding hydrogens is 256 g/mol. The summed E-state index contributed by atoms with van der Waals surface area (Å²) in [5.74, 6) is -1.45. The predicted molar refractivity (Wildman–Crippen MR) is 62.6 cm³/mol. The minimum Gasteiger partial charge on any atom is -0.548 e. The molecule has 1 aromatic carbocycles. The average molecular weight is 263 g/mol. The van der Waals surface area contributed by atoms with Gasteiger partial charge in [-0.05, 0) is 12.1 Å². The molecule has 0 unspecified atom stereocenters. The highest BCUT2D eigenvalue weighted by Gasteiger charge is 2.24. The minimum absolute atomic E-state index is 0.124. The molecule has 2 rings (SSSR count). The van der Waals surface area contributed by atoms with Crippen LogP contribution in [0.3, 0.4) is 0 Å². The first-order valence-electron chi connectivity index (χ1n) is 5.14. The van der Waals surface area contributed by atoms with Crippen molar-refractivity contribution in [2.75, 3.05) is 11.9 Å². The van der Waals surface area contributed by atoms with Gasteiger partial charge in [-0.25, -0.2) is 4.79 Å². The maximum absolute atomic E-state index is 11.5. The number of para-hydroxylation sites is 1. The number of fused-ring (bicyclic) bond motifs is 1. The van der Waals surface area contributed by atoms with Gasteiger partial charge in [-0.3, -0.25) is 10.1 Å². The van der Waals surface area contributed by atoms with Gasteiger partial charge in [-0.15, -0.1) is 0 Å². The molecule has 1 aromatic heterocycles. The van der Waals surface area contributed by atoms with Gasteiger partial charge in [0.05, 0.1) is 17.4 Å². The molecule has 0 aliphatic carbocycles. The van der Waals surface area contributed by atoms with Crippen LogP contribution in [0.1, 0.15) is 0 Å². The van der Waals surface area contributed by atoms with Crippen molar-refractivity contribution in [3.8, 4) is 0 Å². The summed E-state index contributed by atoms with van der Waals surface area (Å²) in [6, 6.07) is 6.09. The van der Waals surface area contributed by atoms with Crippen LogP contribution in [0, 0.1) is 10.1 Å². The van der Waals surface area contributed by atoms with Crippen LogP contribution in [0.4, 0.5) is 11.4 Å². The summed E-state index contributed by atoms with van der Waals surface area (Å²) in [5, 5.41) is 23.9. The normalized spacial score (nSPS) is 10.3. The van der Waals surface area contributed by atoms with Gasteiger partial charge in [0.2, 0.25) is 0 Å². The van der Waals surface area contributed by atoms with E-state index in [0.29, 0.717) is 0 Å². The Kier molecular flexibility index (Phi) is 3.15. The highest BCUT2D eigenvalue weighted by Crippen LogP contribution is 2.29. The summed E-state index contributed by atoms with van der Waals surface area (Å²) in [4.78, 5) is 31.9. The van der Waals surface area contributed by atoms with Gasteiger partial charge in [-0.1, -0.05) is 12.1 Å².